The monoisotopic (exact) mass is 472 g/mol. The van der Waals surface area contributed by atoms with E-state index in [1.165, 1.54) is 21.8 Å². The summed E-state index contributed by atoms with van der Waals surface area (Å²) in [5, 5.41) is 11.3. The van der Waals surface area contributed by atoms with Gasteiger partial charge in [0.1, 0.15) is 17.8 Å². The Balaban J connectivity index is 1.55. The van der Waals surface area contributed by atoms with Crippen LogP contribution in [0.15, 0.2) is 24.5 Å². The van der Waals surface area contributed by atoms with Gasteiger partial charge >= 0.3 is 0 Å². The van der Waals surface area contributed by atoms with Gasteiger partial charge in [0.15, 0.2) is 0 Å². The van der Waals surface area contributed by atoms with E-state index in [1.807, 2.05) is 0 Å². The van der Waals surface area contributed by atoms with Gasteiger partial charge in [-0.15, -0.1) is 0 Å². The number of benzene rings is 1. The van der Waals surface area contributed by atoms with Crippen molar-refractivity contribution in [3.63, 3.8) is 0 Å². The molecule has 138 valence electrons. The van der Waals surface area contributed by atoms with Crippen molar-refractivity contribution < 1.29 is 0 Å². The molecule has 27 heavy (non-hydrogen) atoms. The van der Waals surface area contributed by atoms with Gasteiger partial charge in [-0.25, -0.2) is 9.97 Å². The van der Waals surface area contributed by atoms with Crippen LogP contribution in [0.1, 0.15) is 19.3 Å². The minimum absolute atomic E-state index is 0.476. The summed E-state index contributed by atoms with van der Waals surface area (Å²) >= 11 is 2.34. The number of fused-ring (bicyclic) bond motifs is 4. The maximum absolute atomic E-state index is 8.92. The molecule has 2 unspecified atom stereocenters. The molecule has 2 saturated heterocycles. The van der Waals surface area contributed by atoms with Crippen LogP contribution in [0.3, 0.4) is 0 Å². The van der Waals surface area contributed by atoms with Crippen LogP contribution in [0.5, 0.6) is 0 Å². The number of aromatic amines is 1. The second kappa shape index (κ2) is 6.91. The quantitative estimate of drug-likeness (QED) is 0.591. The van der Waals surface area contributed by atoms with Crippen molar-refractivity contribution in [2.45, 2.75) is 25.3 Å². The summed E-state index contributed by atoms with van der Waals surface area (Å²) in [5.74, 6) is 1.78. The predicted octanol–water partition coefficient (Wildman–Crippen LogP) is 3.53. The maximum atomic E-state index is 8.92. The Hall–Kier alpha value is -1.92. The molecule has 7 heteroatoms. The van der Waals surface area contributed by atoms with E-state index in [9.17, 15) is 0 Å². The summed E-state index contributed by atoms with van der Waals surface area (Å²) in [5.41, 5.74) is 2.03. The summed E-state index contributed by atoms with van der Waals surface area (Å²) in [6, 6.07) is 9.24. The molecule has 3 aromatic rings. The molecule has 0 aliphatic carbocycles. The fourth-order valence-corrected chi connectivity index (χ4v) is 5.27. The number of nitrogens with zero attached hydrogens (tertiary/aromatic N) is 5. The summed E-state index contributed by atoms with van der Waals surface area (Å²) in [6.07, 6.45) is 4.73. The molecule has 0 saturated carbocycles. The number of halogens is 1. The van der Waals surface area contributed by atoms with Crippen LogP contribution in [-0.4, -0.2) is 52.1 Å². The lowest BCUT2D eigenvalue weighted by molar-refractivity contribution is 0.177. The van der Waals surface area contributed by atoms with E-state index in [-0.39, 0.29) is 0 Å². The van der Waals surface area contributed by atoms with Crippen LogP contribution in [0.2, 0.25) is 0 Å². The first kappa shape index (κ1) is 17.2. The molecule has 4 heterocycles. The van der Waals surface area contributed by atoms with Crippen molar-refractivity contribution >= 4 is 50.3 Å². The third-order valence-electron chi connectivity index (χ3n) is 6.09. The Kier molecular flexibility index (Phi) is 4.40. The number of hydrogen-bond acceptors (Lipinski definition) is 5. The SMILES string of the molecule is N#CCCN1CCC2CCN(c3ncnc4[nH]c5cc(I)ccc5c34)C2C1. The van der Waals surface area contributed by atoms with E-state index in [0.29, 0.717) is 12.5 Å². The molecular weight excluding hydrogens is 451 g/mol. The molecule has 2 atom stereocenters. The van der Waals surface area contributed by atoms with Gasteiger partial charge in [0.05, 0.1) is 11.5 Å². The van der Waals surface area contributed by atoms with Crippen LogP contribution in [0.4, 0.5) is 5.82 Å². The van der Waals surface area contributed by atoms with E-state index < -0.39 is 0 Å². The Morgan fingerprint density at radius 2 is 2.15 bits per heavy atom. The van der Waals surface area contributed by atoms with Gasteiger partial charge in [-0.2, -0.15) is 5.26 Å². The second-order valence-corrected chi connectivity index (χ2v) is 8.79. The molecule has 0 radical (unpaired) electrons. The average molecular weight is 472 g/mol. The zero-order valence-corrected chi connectivity index (χ0v) is 17.2. The fourth-order valence-electron chi connectivity index (χ4n) is 4.78. The molecule has 0 spiro atoms. The number of nitrogens with one attached hydrogen (secondary N) is 1. The Morgan fingerprint density at radius 1 is 1.26 bits per heavy atom. The normalized spacial score (nSPS) is 23.0. The number of nitriles is 1. The van der Waals surface area contributed by atoms with Crippen molar-refractivity contribution in [3.8, 4) is 6.07 Å². The number of hydrogen-bond donors (Lipinski definition) is 1. The Bertz CT molecular complexity index is 1040. The standard InChI is InChI=1S/C20H21IN6/c21-14-2-3-15-16(10-14)25-19-18(15)20(24-12-23-19)27-9-5-13-4-8-26(7-1-6-22)11-17(13)27/h2-3,10,12-13,17H,1,4-5,7-9,11H2,(H,23,24,25). The topological polar surface area (TPSA) is 71.8 Å². The predicted molar refractivity (Wildman–Crippen MR) is 115 cm³/mol. The van der Waals surface area contributed by atoms with Crippen molar-refractivity contribution in [2.24, 2.45) is 5.92 Å². The molecular formula is C20H21IN6. The number of H-pyrrole nitrogens is 1. The molecule has 2 aliphatic rings. The molecule has 6 nitrogen and oxygen atoms in total. The average Bonchev–Trinajstić information content (AvgIpc) is 3.26. The molecule has 1 aromatic carbocycles. The number of likely N-dealkylation sites (tertiary alicyclic amines) is 1. The van der Waals surface area contributed by atoms with Crippen LogP contribution in [0, 0.1) is 20.8 Å². The maximum Gasteiger partial charge on any atom is 0.143 e. The Morgan fingerprint density at radius 3 is 3.04 bits per heavy atom. The molecule has 2 aliphatic heterocycles. The highest BCUT2D eigenvalue weighted by Gasteiger charge is 2.39. The largest absolute Gasteiger partial charge is 0.351 e. The van der Waals surface area contributed by atoms with E-state index in [2.05, 4.69) is 66.6 Å². The van der Waals surface area contributed by atoms with Gasteiger partial charge in [0, 0.05) is 46.6 Å². The van der Waals surface area contributed by atoms with Gasteiger partial charge < -0.3 is 14.8 Å². The highest BCUT2D eigenvalue weighted by atomic mass is 127. The number of anilines is 1. The lowest BCUT2D eigenvalue weighted by Gasteiger charge is -2.38. The molecule has 1 N–H and O–H groups in total. The van der Waals surface area contributed by atoms with Crippen molar-refractivity contribution in [2.75, 3.05) is 31.1 Å². The van der Waals surface area contributed by atoms with E-state index in [1.54, 1.807) is 6.33 Å². The van der Waals surface area contributed by atoms with Crippen molar-refractivity contribution in [1.29, 1.82) is 5.26 Å². The zero-order chi connectivity index (χ0) is 18.4. The van der Waals surface area contributed by atoms with E-state index in [4.69, 9.17) is 10.2 Å². The molecule has 2 aromatic heterocycles. The first-order valence-electron chi connectivity index (χ1n) is 9.52. The summed E-state index contributed by atoms with van der Waals surface area (Å²) in [4.78, 5) is 17.6. The molecule has 0 bridgehead atoms. The number of aromatic nitrogens is 3. The van der Waals surface area contributed by atoms with Gasteiger partial charge in [-0.3, -0.25) is 0 Å². The summed E-state index contributed by atoms with van der Waals surface area (Å²) in [6.45, 7) is 4.06. The first-order valence-corrected chi connectivity index (χ1v) is 10.6. The van der Waals surface area contributed by atoms with Gasteiger partial charge in [-0.1, -0.05) is 6.07 Å². The lowest BCUT2D eigenvalue weighted by atomic mass is 9.92. The van der Waals surface area contributed by atoms with Crippen molar-refractivity contribution in [1.82, 2.24) is 19.9 Å². The molecule has 2 fully saturated rings. The summed E-state index contributed by atoms with van der Waals surface area (Å²) < 4.78 is 1.21. The van der Waals surface area contributed by atoms with Gasteiger partial charge in [0.2, 0.25) is 0 Å². The minimum Gasteiger partial charge on any atom is -0.351 e. The Labute approximate surface area is 171 Å². The van der Waals surface area contributed by atoms with Crippen LogP contribution in [0.25, 0.3) is 21.9 Å². The van der Waals surface area contributed by atoms with Crippen LogP contribution >= 0.6 is 22.6 Å². The molecule has 0 amide bonds. The smallest absolute Gasteiger partial charge is 0.143 e. The highest BCUT2D eigenvalue weighted by Crippen LogP contribution is 2.39. The lowest BCUT2D eigenvalue weighted by Crippen LogP contribution is -2.48. The third-order valence-corrected chi connectivity index (χ3v) is 6.76. The molecule has 5 rings (SSSR count). The highest BCUT2D eigenvalue weighted by molar-refractivity contribution is 14.1. The zero-order valence-electron chi connectivity index (χ0n) is 15.0. The fraction of sp³-hybridized carbons (Fsp3) is 0.450. The first-order chi connectivity index (χ1) is 13.2. The minimum atomic E-state index is 0.476. The number of piperidine rings is 1. The third kappa shape index (κ3) is 2.95. The summed E-state index contributed by atoms with van der Waals surface area (Å²) in [7, 11) is 0. The second-order valence-electron chi connectivity index (χ2n) is 7.54. The van der Waals surface area contributed by atoms with Crippen molar-refractivity contribution in [3.05, 3.63) is 28.1 Å². The number of rotatable bonds is 3. The van der Waals surface area contributed by atoms with Gasteiger partial charge in [0.25, 0.3) is 0 Å². The van der Waals surface area contributed by atoms with Gasteiger partial charge in [-0.05, 0) is 60.0 Å². The van der Waals surface area contributed by atoms with E-state index in [0.717, 1.165) is 54.5 Å². The van der Waals surface area contributed by atoms with Crippen LogP contribution in [-0.2, 0) is 0 Å². The van der Waals surface area contributed by atoms with E-state index >= 15 is 0 Å². The van der Waals surface area contributed by atoms with Crippen LogP contribution < -0.4 is 4.90 Å².